The third-order valence-corrected chi connectivity index (χ3v) is 2.22. The smallest absolute Gasteiger partial charge is 0.356 e. The summed E-state index contributed by atoms with van der Waals surface area (Å²) in [6.45, 7) is 6.88. The molecular weight excluding hydrogens is 245 g/mol. The second-order valence-corrected chi connectivity index (χ2v) is 5.35. The standard InChI is InChI=1S/C12H23F3N2O/c1-11(2,3)17-9-6-10(18)16-8-5-4-7-12(13,14)15/h17H,4-9H2,1-3H3,(H,16,18). The summed E-state index contributed by atoms with van der Waals surface area (Å²) < 4.78 is 35.5. The lowest BCUT2D eigenvalue weighted by molar-refractivity contribution is -0.135. The normalized spacial score (nSPS) is 12.6. The van der Waals surface area contributed by atoms with Crippen LogP contribution in [0, 0.1) is 0 Å². The van der Waals surface area contributed by atoms with Gasteiger partial charge in [0.05, 0.1) is 0 Å². The molecule has 0 aliphatic heterocycles. The highest BCUT2D eigenvalue weighted by Crippen LogP contribution is 2.21. The summed E-state index contributed by atoms with van der Waals surface area (Å²) >= 11 is 0. The molecule has 0 aliphatic carbocycles. The van der Waals surface area contributed by atoms with Crippen LogP contribution in [-0.4, -0.2) is 30.7 Å². The van der Waals surface area contributed by atoms with Gasteiger partial charge in [0.15, 0.2) is 0 Å². The topological polar surface area (TPSA) is 41.1 Å². The van der Waals surface area contributed by atoms with E-state index in [2.05, 4.69) is 10.6 Å². The highest BCUT2D eigenvalue weighted by atomic mass is 19.4. The Bertz CT molecular complexity index is 247. The Morgan fingerprint density at radius 2 is 1.67 bits per heavy atom. The fraction of sp³-hybridized carbons (Fsp3) is 0.917. The Balaban J connectivity index is 3.44. The van der Waals surface area contributed by atoms with Crippen molar-refractivity contribution in [2.24, 2.45) is 0 Å². The van der Waals surface area contributed by atoms with Crippen molar-refractivity contribution in [2.45, 2.75) is 58.2 Å². The highest BCUT2D eigenvalue weighted by molar-refractivity contribution is 5.75. The van der Waals surface area contributed by atoms with Gasteiger partial charge in [0.2, 0.25) is 5.91 Å². The number of carbonyl (C=O) groups excluding carboxylic acids is 1. The maximum atomic E-state index is 11.8. The number of alkyl halides is 3. The molecule has 0 atom stereocenters. The largest absolute Gasteiger partial charge is 0.389 e. The van der Waals surface area contributed by atoms with Crippen molar-refractivity contribution in [3.8, 4) is 0 Å². The van der Waals surface area contributed by atoms with Gasteiger partial charge in [-0.2, -0.15) is 13.2 Å². The zero-order valence-corrected chi connectivity index (χ0v) is 11.3. The van der Waals surface area contributed by atoms with Gasteiger partial charge in [0.25, 0.3) is 0 Å². The Morgan fingerprint density at radius 1 is 1.06 bits per heavy atom. The molecule has 2 N–H and O–H groups in total. The third-order valence-electron chi connectivity index (χ3n) is 2.22. The van der Waals surface area contributed by atoms with E-state index in [1.54, 1.807) is 0 Å². The molecule has 0 aromatic carbocycles. The summed E-state index contributed by atoms with van der Waals surface area (Å²) in [4.78, 5) is 11.3. The van der Waals surface area contributed by atoms with E-state index in [-0.39, 0.29) is 17.9 Å². The molecule has 0 bridgehead atoms. The van der Waals surface area contributed by atoms with E-state index in [1.807, 2.05) is 20.8 Å². The predicted octanol–water partition coefficient (Wildman–Crippen LogP) is 2.61. The summed E-state index contributed by atoms with van der Waals surface area (Å²) in [6, 6.07) is 0. The molecule has 0 aromatic heterocycles. The zero-order valence-electron chi connectivity index (χ0n) is 11.3. The van der Waals surface area contributed by atoms with E-state index < -0.39 is 12.6 Å². The number of halogens is 3. The predicted molar refractivity (Wildman–Crippen MR) is 65.3 cm³/mol. The van der Waals surface area contributed by atoms with Crippen LogP contribution >= 0.6 is 0 Å². The van der Waals surface area contributed by atoms with E-state index in [1.165, 1.54) is 0 Å². The van der Waals surface area contributed by atoms with Crippen molar-refractivity contribution in [3.05, 3.63) is 0 Å². The second-order valence-electron chi connectivity index (χ2n) is 5.35. The molecule has 18 heavy (non-hydrogen) atoms. The van der Waals surface area contributed by atoms with Crippen LogP contribution in [0.5, 0.6) is 0 Å². The van der Waals surface area contributed by atoms with Crippen LogP contribution in [0.4, 0.5) is 13.2 Å². The van der Waals surface area contributed by atoms with Crippen LogP contribution in [0.25, 0.3) is 0 Å². The molecule has 0 aliphatic rings. The van der Waals surface area contributed by atoms with Crippen LogP contribution in [0.3, 0.4) is 0 Å². The quantitative estimate of drug-likeness (QED) is 0.697. The van der Waals surface area contributed by atoms with Gasteiger partial charge in [-0.25, -0.2) is 0 Å². The molecule has 0 saturated carbocycles. The average Bonchev–Trinajstić information content (AvgIpc) is 2.13. The molecule has 0 rings (SSSR count). The number of amides is 1. The number of unbranched alkanes of at least 4 members (excludes halogenated alkanes) is 1. The Labute approximate surface area is 107 Å². The fourth-order valence-electron chi connectivity index (χ4n) is 1.32. The summed E-state index contributed by atoms with van der Waals surface area (Å²) in [5.41, 5.74) is -0.0347. The van der Waals surface area contributed by atoms with Crippen LogP contribution < -0.4 is 10.6 Å². The van der Waals surface area contributed by atoms with Crippen molar-refractivity contribution in [3.63, 3.8) is 0 Å². The average molecular weight is 268 g/mol. The molecule has 0 spiro atoms. The molecule has 0 heterocycles. The fourth-order valence-corrected chi connectivity index (χ4v) is 1.32. The number of nitrogens with one attached hydrogen (secondary N) is 2. The lowest BCUT2D eigenvalue weighted by Crippen LogP contribution is -2.38. The van der Waals surface area contributed by atoms with E-state index in [9.17, 15) is 18.0 Å². The molecule has 3 nitrogen and oxygen atoms in total. The van der Waals surface area contributed by atoms with Crippen molar-refractivity contribution >= 4 is 5.91 Å². The van der Waals surface area contributed by atoms with Gasteiger partial charge in [-0.1, -0.05) is 0 Å². The molecule has 0 fully saturated rings. The molecule has 0 radical (unpaired) electrons. The molecular formula is C12H23F3N2O. The minimum atomic E-state index is -4.10. The minimum absolute atomic E-state index is 0.0347. The maximum absolute atomic E-state index is 11.8. The molecule has 1 amide bonds. The number of hydrogen-bond donors (Lipinski definition) is 2. The van der Waals surface area contributed by atoms with Crippen LogP contribution in [0.2, 0.25) is 0 Å². The van der Waals surface area contributed by atoms with Crippen molar-refractivity contribution in [2.75, 3.05) is 13.1 Å². The van der Waals surface area contributed by atoms with Crippen LogP contribution in [0.15, 0.2) is 0 Å². The Morgan fingerprint density at radius 3 is 2.17 bits per heavy atom. The molecule has 0 saturated heterocycles. The van der Waals surface area contributed by atoms with Crippen LogP contribution in [0.1, 0.15) is 46.5 Å². The summed E-state index contributed by atoms with van der Waals surface area (Å²) in [5.74, 6) is -0.126. The maximum Gasteiger partial charge on any atom is 0.389 e. The summed E-state index contributed by atoms with van der Waals surface area (Å²) in [7, 11) is 0. The highest BCUT2D eigenvalue weighted by Gasteiger charge is 2.25. The monoisotopic (exact) mass is 268 g/mol. The first kappa shape index (κ1) is 17.2. The van der Waals surface area contributed by atoms with Gasteiger partial charge in [-0.3, -0.25) is 4.79 Å². The van der Waals surface area contributed by atoms with Gasteiger partial charge in [0.1, 0.15) is 0 Å². The third kappa shape index (κ3) is 13.3. The summed E-state index contributed by atoms with van der Waals surface area (Å²) in [5, 5.41) is 5.77. The van der Waals surface area contributed by atoms with Gasteiger partial charge in [0, 0.05) is 31.5 Å². The number of rotatable bonds is 7. The van der Waals surface area contributed by atoms with Crippen LogP contribution in [-0.2, 0) is 4.79 Å². The molecule has 0 unspecified atom stereocenters. The number of hydrogen-bond acceptors (Lipinski definition) is 2. The first-order valence-corrected chi connectivity index (χ1v) is 6.19. The van der Waals surface area contributed by atoms with Gasteiger partial charge >= 0.3 is 6.18 Å². The first-order chi connectivity index (χ1) is 8.10. The molecule has 108 valence electrons. The minimum Gasteiger partial charge on any atom is -0.356 e. The van der Waals surface area contributed by atoms with E-state index in [4.69, 9.17) is 0 Å². The molecule has 6 heteroatoms. The Hall–Kier alpha value is -0.780. The second kappa shape index (κ2) is 7.61. The van der Waals surface area contributed by atoms with E-state index >= 15 is 0 Å². The van der Waals surface area contributed by atoms with Gasteiger partial charge in [-0.15, -0.1) is 0 Å². The van der Waals surface area contributed by atoms with Crippen molar-refractivity contribution < 1.29 is 18.0 Å². The zero-order chi connectivity index (χ0) is 14.2. The Kier molecular flexibility index (Phi) is 7.28. The van der Waals surface area contributed by atoms with Gasteiger partial charge < -0.3 is 10.6 Å². The van der Waals surface area contributed by atoms with Crippen molar-refractivity contribution in [1.29, 1.82) is 0 Å². The van der Waals surface area contributed by atoms with E-state index in [0.717, 1.165) is 0 Å². The molecule has 0 aromatic rings. The number of carbonyl (C=O) groups is 1. The van der Waals surface area contributed by atoms with Gasteiger partial charge in [-0.05, 0) is 33.6 Å². The lowest BCUT2D eigenvalue weighted by atomic mass is 10.1. The first-order valence-electron chi connectivity index (χ1n) is 6.19. The van der Waals surface area contributed by atoms with Crippen molar-refractivity contribution in [1.82, 2.24) is 10.6 Å². The SMILES string of the molecule is CC(C)(C)NCCC(=O)NCCCCC(F)(F)F. The summed E-state index contributed by atoms with van der Waals surface area (Å²) in [6.07, 6.45) is -4.12. The lowest BCUT2D eigenvalue weighted by Gasteiger charge is -2.20. The van der Waals surface area contributed by atoms with E-state index in [0.29, 0.717) is 25.9 Å².